The molecule has 1 aliphatic carbocycles. The Hall–Kier alpha value is -1.25. The van der Waals surface area contributed by atoms with Crippen molar-refractivity contribution >= 4 is 6.08 Å². The maximum atomic E-state index is 13.1. The molecule has 0 bridgehead atoms. The van der Waals surface area contributed by atoms with Crippen LogP contribution < -0.4 is 0 Å². The van der Waals surface area contributed by atoms with Crippen molar-refractivity contribution in [1.82, 2.24) is 0 Å². The Morgan fingerprint density at radius 3 is 2.14 bits per heavy atom. The molecule has 1 saturated carbocycles. The Morgan fingerprint density at radius 2 is 1.57 bits per heavy atom. The van der Waals surface area contributed by atoms with Crippen LogP contribution in [0.5, 0.6) is 0 Å². The minimum atomic E-state index is -1.40. The van der Waals surface area contributed by atoms with E-state index in [-0.39, 0.29) is 0 Å². The van der Waals surface area contributed by atoms with E-state index in [0.29, 0.717) is 5.56 Å². The molecule has 116 valence electrons. The molecule has 0 N–H and O–H groups in total. The Labute approximate surface area is 125 Å². The molecular formula is C18H23F3. The summed E-state index contributed by atoms with van der Waals surface area (Å²) in [5, 5.41) is 0. The zero-order valence-electron chi connectivity index (χ0n) is 12.5. The van der Waals surface area contributed by atoms with E-state index in [9.17, 15) is 13.2 Å². The van der Waals surface area contributed by atoms with Crippen LogP contribution in [0.1, 0.15) is 57.4 Å². The first kappa shape index (κ1) is 16.1. The lowest BCUT2D eigenvalue weighted by Crippen LogP contribution is -2.13. The van der Waals surface area contributed by atoms with Crippen LogP contribution in [0, 0.1) is 29.3 Å². The van der Waals surface area contributed by atoms with Gasteiger partial charge in [0.25, 0.3) is 0 Å². The molecule has 0 atom stereocenters. The second-order valence-corrected chi connectivity index (χ2v) is 6.07. The lowest BCUT2D eigenvalue weighted by molar-refractivity contribution is 0.260. The maximum Gasteiger partial charge on any atom is 0.194 e. The van der Waals surface area contributed by atoms with Gasteiger partial charge < -0.3 is 0 Å². The summed E-state index contributed by atoms with van der Waals surface area (Å²) < 4.78 is 39.0. The third-order valence-electron chi connectivity index (χ3n) is 4.60. The summed E-state index contributed by atoms with van der Waals surface area (Å²) >= 11 is 0. The Kier molecular flexibility index (Phi) is 5.89. The van der Waals surface area contributed by atoms with Gasteiger partial charge in [-0.1, -0.05) is 51.2 Å². The van der Waals surface area contributed by atoms with Gasteiger partial charge in [0.2, 0.25) is 0 Å². The number of allylic oxidation sites excluding steroid dienone is 1. The molecule has 0 saturated heterocycles. The molecule has 21 heavy (non-hydrogen) atoms. The van der Waals surface area contributed by atoms with Gasteiger partial charge in [0.05, 0.1) is 0 Å². The van der Waals surface area contributed by atoms with E-state index in [0.717, 1.165) is 36.8 Å². The molecule has 1 fully saturated rings. The van der Waals surface area contributed by atoms with Crippen LogP contribution in [0.3, 0.4) is 0 Å². The molecule has 1 aromatic carbocycles. The maximum absolute atomic E-state index is 13.1. The quantitative estimate of drug-likeness (QED) is 0.575. The van der Waals surface area contributed by atoms with Gasteiger partial charge in [-0.05, 0) is 42.4 Å². The molecule has 0 amide bonds. The highest BCUT2D eigenvalue weighted by molar-refractivity contribution is 5.49. The summed E-state index contributed by atoms with van der Waals surface area (Å²) in [6, 6.07) is 2.06. The zero-order chi connectivity index (χ0) is 15.2. The van der Waals surface area contributed by atoms with Crippen LogP contribution in [0.25, 0.3) is 6.08 Å². The number of rotatable bonds is 5. The Bertz CT molecular complexity index is 462. The SMILES string of the molecule is CCC1CCC(CCC=Cc2cc(F)c(F)c(F)c2)CC1. The molecule has 1 aromatic rings. The standard InChI is InChI=1S/C18H23F3/c1-2-13-7-9-14(10-8-13)5-3-4-6-15-11-16(19)18(21)17(20)12-15/h4,6,11-14H,2-3,5,7-10H2,1H3. The fourth-order valence-corrected chi connectivity index (χ4v) is 3.15. The topological polar surface area (TPSA) is 0 Å². The van der Waals surface area contributed by atoms with E-state index in [4.69, 9.17) is 0 Å². The monoisotopic (exact) mass is 296 g/mol. The van der Waals surface area contributed by atoms with E-state index in [1.54, 1.807) is 6.08 Å². The van der Waals surface area contributed by atoms with Crippen LogP contribution in [0.4, 0.5) is 13.2 Å². The van der Waals surface area contributed by atoms with Crippen molar-refractivity contribution < 1.29 is 13.2 Å². The van der Waals surface area contributed by atoms with Crippen LogP contribution >= 0.6 is 0 Å². The Morgan fingerprint density at radius 1 is 1.00 bits per heavy atom. The van der Waals surface area contributed by atoms with Crippen molar-refractivity contribution in [2.75, 3.05) is 0 Å². The fourth-order valence-electron chi connectivity index (χ4n) is 3.15. The van der Waals surface area contributed by atoms with Crippen molar-refractivity contribution in [3.63, 3.8) is 0 Å². The third-order valence-corrected chi connectivity index (χ3v) is 4.60. The summed E-state index contributed by atoms with van der Waals surface area (Å²) in [4.78, 5) is 0. The molecular weight excluding hydrogens is 273 g/mol. The van der Waals surface area contributed by atoms with E-state index in [1.807, 2.05) is 6.08 Å². The molecule has 0 heterocycles. The van der Waals surface area contributed by atoms with E-state index >= 15 is 0 Å². The summed E-state index contributed by atoms with van der Waals surface area (Å²) in [5.41, 5.74) is 0.376. The van der Waals surface area contributed by atoms with Crippen LogP contribution in [-0.2, 0) is 0 Å². The number of hydrogen-bond donors (Lipinski definition) is 0. The lowest BCUT2D eigenvalue weighted by atomic mass is 9.79. The largest absolute Gasteiger partial charge is 0.204 e. The second-order valence-electron chi connectivity index (χ2n) is 6.07. The van der Waals surface area contributed by atoms with Crippen molar-refractivity contribution in [3.8, 4) is 0 Å². The molecule has 0 unspecified atom stereocenters. The van der Waals surface area contributed by atoms with Gasteiger partial charge >= 0.3 is 0 Å². The van der Waals surface area contributed by atoms with Crippen molar-refractivity contribution in [1.29, 1.82) is 0 Å². The summed E-state index contributed by atoms with van der Waals surface area (Å²) in [5.74, 6) is -1.99. The lowest BCUT2D eigenvalue weighted by Gasteiger charge is -2.27. The zero-order valence-corrected chi connectivity index (χ0v) is 12.5. The van der Waals surface area contributed by atoms with Crippen molar-refractivity contribution in [2.45, 2.75) is 51.9 Å². The van der Waals surface area contributed by atoms with E-state index in [1.165, 1.54) is 32.1 Å². The number of benzene rings is 1. The van der Waals surface area contributed by atoms with Crippen LogP contribution in [-0.4, -0.2) is 0 Å². The highest BCUT2D eigenvalue weighted by Gasteiger charge is 2.19. The first-order valence-electron chi connectivity index (χ1n) is 7.91. The molecule has 1 aliphatic rings. The molecule has 0 nitrogen and oxygen atoms in total. The molecule has 3 heteroatoms. The third kappa shape index (κ3) is 4.62. The fraction of sp³-hybridized carbons (Fsp3) is 0.556. The molecule has 0 radical (unpaired) electrons. The van der Waals surface area contributed by atoms with Gasteiger partial charge in [0, 0.05) is 0 Å². The highest BCUT2D eigenvalue weighted by Crippen LogP contribution is 2.33. The minimum absolute atomic E-state index is 0.376. The average molecular weight is 296 g/mol. The van der Waals surface area contributed by atoms with Gasteiger partial charge in [-0.2, -0.15) is 0 Å². The van der Waals surface area contributed by atoms with E-state index < -0.39 is 17.5 Å². The van der Waals surface area contributed by atoms with Crippen LogP contribution in [0.2, 0.25) is 0 Å². The van der Waals surface area contributed by atoms with Gasteiger partial charge in [0.1, 0.15) is 0 Å². The summed E-state index contributed by atoms with van der Waals surface area (Å²) in [6.07, 6.45) is 12.2. The first-order valence-corrected chi connectivity index (χ1v) is 7.91. The molecule has 0 spiro atoms. The van der Waals surface area contributed by atoms with Crippen LogP contribution in [0.15, 0.2) is 18.2 Å². The smallest absolute Gasteiger partial charge is 0.194 e. The highest BCUT2D eigenvalue weighted by atomic mass is 19.2. The average Bonchev–Trinajstić information content (AvgIpc) is 2.49. The molecule has 0 aliphatic heterocycles. The number of hydrogen-bond acceptors (Lipinski definition) is 0. The minimum Gasteiger partial charge on any atom is -0.204 e. The predicted molar refractivity (Wildman–Crippen MR) is 80.3 cm³/mol. The molecule has 0 aromatic heterocycles. The second kappa shape index (κ2) is 7.67. The normalized spacial score (nSPS) is 22.9. The van der Waals surface area contributed by atoms with Gasteiger partial charge in [0.15, 0.2) is 17.5 Å². The van der Waals surface area contributed by atoms with Crippen molar-refractivity contribution in [2.24, 2.45) is 11.8 Å². The van der Waals surface area contributed by atoms with Gasteiger partial charge in [-0.15, -0.1) is 0 Å². The number of halogens is 3. The van der Waals surface area contributed by atoms with E-state index in [2.05, 4.69) is 6.92 Å². The van der Waals surface area contributed by atoms with Gasteiger partial charge in [-0.3, -0.25) is 0 Å². The summed E-state index contributed by atoms with van der Waals surface area (Å²) in [7, 11) is 0. The Balaban J connectivity index is 1.78. The first-order chi connectivity index (χ1) is 10.1. The molecule has 2 rings (SSSR count). The summed E-state index contributed by atoms with van der Waals surface area (Å²) in [6.45, 7) is 2.26. The van der Waals surface area contributed by atoms with Crippen molar-refractivity contribution in [3.05, 3.63) is 41.2 Å². The predicted octanol–water partition coefficient (Wildman–Crippen LogP) is 6.11. The van der Waals surface area contributed by atoms with Gasteiger partial charge in [-0.25, -0.2) is 13.2 Å².